The highest BCUT2D eigenvalue weighted by molar-refractivity contribution is 6.15. The van der Waals surface area contributed by atoms with Crippen LogP contribution in [0.4, 0.5) is 0 Å². The highest BCUT2D eigenvalue weighted by atomic mass is 16.5. The molecule has 1 aromatic heterocycles. The predicted molar refractivity (Wildman–Crippen MR) is 124 cm³/mol. The SMILES string of the molecule is COc1ccc2c(c1)c(C=C1Oc3cc(OCc4ccccc4C)ccc3C1=O)cn2C. The van der Waals surface area contributed by atoms with E-state index >= 15 is 0 Å². The Bertz CT molecular complexity index is 1380. The lowest BCUT2D eigenvalue weighted by atomic mass is 10.1. The fraction of sp³-hybridized carbons (Fsp3) is 0.148. The van der Waals surface area contributed by atoms with Crippen LogP contribution in [-0.2, 0) is 13.7 Å². The molecule has 1 aliphatic heterocycles. The Hall–Kier alpha value is -3.99. The molecule has 0 amide bonds. The summed E-state index contributed by atoms with van der Waals surface area (Å²) in [7, 11) is 3.61. The van der Waals surface area contributed by atoms with Crippen molar-refractivity contribution in [3.63, 3.8) is 0 Å². The zero-order chi connectivity index (χ0) is 22.2. The molecule has 5 rings (SSSR count). The Kier molecular flexibility index (Phi) is 4.94. The number of methoxy groups -OCH3 is 1. The number of rotatable bonds is 5. The molecule has 0 atom stereocenters. The molecule has 4 aromatic rings. The van der Waals surface area contributed by atoms with Crippen LogP contribution in [0.25, 0.3) is 17.0 Å². The number of allylic oxidation sites excluding steroid dienone is 1. The average Bonchev–Trinajstić information content (AvgIpc) is 3.28. The van der Waals surface area contributed by atoms with Crippen LogP contribution in [0.5, 0.6) is 17.2 Å². The average molecular weight is 425 g/mol. The number of benzene rings is 3. The van der Waals surface area contributed by atoms with Crippen molar-refractivity contribution in [2.24, 2.45) is 7.05 Å². The molecule has 0 radical (unpaired) electrons. The summed E-state index contributed by atoms with van der Waals surface area (Å²) in [5.41, 5.74) is 4.78. The first kappa shape index (κ1) is 19.9. The zero-order valence-corrected chi connectivity index (χ0v) is 18.2. The highest BCUT2D eigenvalue weighted by Crippen LogP contribution is 2.36. The van der Waals surface area contributed by atoms with E-state index < -0.39 is 0 Å². The third-order valence-corrected chi connectivity index (χ3v) is 5.81. The molecule has 32 heavy (non-hydrogen) atoms. The number of carbonyl (C=O) groups excluding carboxylic acids is 1. The van der Waals surface area contributed by atoms with Gasteiger partial charge in [-0.3, -0.25) is 4.79 Å². The number of ether oxygens (including phenoxy) is 3. The minimum absolute atomic E-state index is 0.134. The normalized spacial score (nSPS) is 14.0. The van der Waals surface area contributed by atoms with Crippen LogP contribution >= 0.6 is 0 Å². The lowest BCUT2D eigenvalue weighted by molar-refractivity contribution is 0.101. The van der Waals surface area contributed by atoms with Gasteiger partial charge in [0, 0.05) is 35.8 Å². The molecule has 2 heterocycles. The quantitative estimate of drug-likeness (QED) is 0.386. The van der Waals surface area contributed by atoms with Crippen molar-refractivity contribution >= 4 is 22.8 Å². The van der Waals surface area contributed by atoms with Crippen LogP contribution < -0.4 is 14.2 Å². The van der Waals surface area contributed by atoms with Gasteiger partial charge in [-0.1, -0.05) is 24.3 Å². The summed E-state index contributed by atoms with van der Waals surface area (Å²) in [5, 5.41) is 0.994. The zero-order valence-electron chi connectivity index (χ0n) is 18.2. The molecule has 5 heteroatoms. The van der Waals surface area contributed by atoms with Gasteiger partial charge in [0.1, 0.15) is 23.9 Å². The van der Waals surface area contributed by atoms with E-state index in [0.29, 0.717) is 29.4 Å². The molecule has 0 aliphatic carbocycles. The third kappa shape index (κ3) is 3.52. The Morgan fingerprint density at radius 1 is 1.03 bits per heavy atom. The Labute approximate surface area is 186 Å². The molecule has 0 saturated carbocycles. The smallest absolute Gasteiger partial charge is 0.231 e. The monoisotopic (exact) mass is 425 g/mol. The van der Waals surface area contributed by atoms with Crippen LogP contribution in [0.1, 0.15) is 27.0 Å². The molecule has 1 aliphatic rings. The second kappa shape index (κ2) is 7.93. The molecule has 0 unspecified atom stereocenters. The van der Waals surface area contributed by atoms with E-state index in [4.69, 9.17) is 14.2 Å². The molecular weight excluding hydrogens is 402 g/mol. The van der Waals surface area contributed by atoms with Gasteiger partial charge in [0.2, 0.25) is 5.78 Å². The van der Waals surface area contributed by atoms with Crippen molar-refractivity contribution in [1.82, 2.24) is 4.57 Å². The standard InChI is InChI=1S/C27H23NO4/c1-17-6-4-5-7-18(17)16-31-21-8-10-22-25(14-21)32-26(27(22)29)12-19-15-28(2)24-11-9-20(30-3)13-23(19)24/h4-15H,16H2,1-3H3. The maximum Gasteiger partial charge on any atom is 0.231 e. The summed E-state index contributed by atoms with van der Waals surface area (Å²) in [4.78, 5) is 12.9. The van der Waals surface area contributed by atoms with Crippen LogP contribution in [0.3, 0.4) is 0 Å². The predicted octanol–water partition coefficient (Wildman–Crippen LogP) is 5.69. The van der Waals surface area contributed by atoms with Crippen LogP contribution in [0.2, 0.25) is 0 Å². The first-order valence-corrected chi connectivity index (χ1v) is 10.4. The van der Waals surface area contributed by atoms with E-state index in [0.717, 1.165) is 27.8 Å². The van der Waals surface area contributed by atoms with E-state index in [1.165, 1.54) is 5.56 Å². The summed E-state index contributed by atoms with van der Waals surface area (Å²) in [5.74, 6) is 2.11. The summed E-state index contributed by atoms with van der Waals surface area (Å²) in [6.45, 7) is 2.52. The van der Waals surface area contributed by atoms with Gasteiger partial charge in [-0.15, -0.1) is 0 Å². The van der Waals surface area contributed by atoms with Crippen molar-refractivity contribution < 1.29 is 19.0 Å². The van der Waals surface area contributed by atoms with Crippen LogP contribution in [0.15, 0.2) is 72.6 Å². The summed E-state index contributed by atoms with van der Waals surface area (Å²) < 4.78 is 19.3. The fourth-order valence-electron chi connectivity index (χ4n) is 3.98. The van der Waals surface area contributed by atoms with Gasteiger partial charge >= 0.3 is 0 Å². The van der Waals surface area contributed by atoms with E-state index in [1.807, 2.05) is 60.3 Å². The highest BCUT2D eigenvalue weighted by Gasteiger charge is 2.28. The number of ketones is 1. The molecule has 160 valence electrons. The number of aromatic nitrogens is 1. The lowest BCUT2D eigenvalue weighted by Gasteiger charge is -2.09. The second-order valence-electron chi connectivity index (χ2n) is 7.89. The van der Waals surface area contributed by atoms with Gasteiger partial charge in [-0.25, -0.2) is 0 Å². The Balaban J connectivity index is 1.41. The summed E-state index contributed by atoms with van der Waals surface area (Å²) in [6.07, 6.45) is 3.77. The third-order valence-electron chi connectivity index (χ3n) is 5.81. The fourth-order valence-corrected chi connectivity index (χ4v) is 3.98. The van der Waals surface area contributed by atoms with Crippen molar-refractivity contribution in [3.05, 3.63) is 94.9 Å². The topological polar surface area (TPSA) is 49.7 Å². The van der Waals surface area contributed by atoms with Gasteiger partial charge in [0.05, 0.1) is 12.7 Å². The van der Waals surface area contributed by atoms with E-state index in [2.05, 4.69) is 13.0 Å². The molecular formula is C27H23NO4. The molecule has 3 aromatic carbocycles. The number of aryl methyl sites for hydroxylation is 2. The van der Waals surface area contributed by atoms with Crippen molar-refractivity contribution in [1.29, 1.82) is 0 Å². The van der Waals surface area contributed by atoms with Gasteiger partial charge < -0.3 is 18.8 Å². The first-order valence-electron chi connectivity index (χ1n) is 10.4. The number of carbonyl (C=O) groups is 1. The van der Waals surface area contributed by atoms with Crippen molar-refractivity contribution in [2.45, 2.75) is 13.5 Å². The number of fused-ring (bicyclic) bond motifs is 2. The number of hydrogen-bond donors (Lipinski definition) is 0. The number of nitrogens with zero attached hydrogens (tertiary/aromatic N) is 1. The lowest BCUT2D eigenvalue weighted by Crippen LogP contribution is -1.98. The van der Waals surface area contributed by atoms with Gasteiger partial charge in [0.25, 0.3) is 0 Å². The number of Topliss-reactive ketones (excluding diaryl/α,β-unsaturated/α-hetero) is 1. The van der Waals surface area contributed by atoms with Gasteiger partial charge in [-0.2, -0.15) is 0 Å². The van der Waals surface area contributed by atoms with Crippen molar-refractivity contribution in [3.8, 4) is 17.2 Å². The Morgan fingerprint density at radius 2 is 1.84 bits per heavy atom. The van der Waals surface area contributed by atoms with Crippen molar-refractivity contribution in [2.75, 3.05) is 7.11 Å². The molecule has 0 spiro atoms. The minimum Gasteiger partial charge on any atom is -0.497 e. The minimum atomic E-state index is -0.134. The van der Waals surface area contributed by atoms with Crippen LogP contribution in [-0.4, -0.2) is 17.5 Å². The molecule has 0 saturated heterocycles. The molecule has 5 nitrogen and oxygen atoms in total. The van der Waals surface area contributed by atoms with E-state index in [-0.39, 0.29) is 5.78 Å². The van der Waals surface area contributed by atoms with Crippen LogP contribution in [0, 0.1) is 6.92 Å². The molecule has 0 fully saturated rings. The van der Waals surface area contributed by atoms with E-state index in [9.17, 15) is 4.79 Å². The second-order valence-corrected chi connectivity index (χ2v) is 7.89. The summed E-state index contributed by atoms with van der Waals surface area (Å²) in [6, 6.07) is 19.3. The Morgan fingerprint density at radius 3 is 2.66 bits per heavy atom. The maximum atomic E-state index is 12.9. The van der Waals surface area contributed by atoms with Gasteiger partial charge in [0.15, 0.2) is 5.76 Å². The molecule has 0 bridgehead atoms. The largest absolute Gasteiger partial charge is 0.497 e. The number of hydrogen-bond acceptors (Lipinski definition) is 4. The van der Waals surface area contributed by atoms with E-state index in [1.54, 1.807) is 25.3 Å². The van der Waals surface area contributed by atoms with Gasteiger partial charge in [-0.05, 0) is 54.5 Å². The molecule has 0 N–H and O–H groups in total. The summed E-state index contributed by atoms with van der Waals surface area (Å²) >= 11 is 0. The first-order chi connectivity index (χ1) is 15.5. The maximum absolute atomic E-state index is 12.9.